The van der Waals surface area contributed by atoms with Gasteiger partial charge in [-0.3, -0.25) is 13.9 Å². The molecule has 1 N–H and O–H groups in total. The SMILES string of the molecule is CCc1ccccc1N(CC(=O)N(Cc1cccc(Cl)c1)[C@H](C)C(=O)NCC(C)C)S(=O)(=O)c1ccc(C)cc1. The summed E-state index contributed by atoms with van der Waals surface area (Å²) in [5.41, 5.74) is 2.87. The third kappa shape index (κ3) is 7.86. The van der Waals surface area contributed by atoms with Gasteiger partial charge in [-0.25, -0.2) is 8.42 Å². The van der Waals surface area contributed by atoms with Gasteiger partial charge in [0.1, 0.15) is 12.6 Å². The molecule has 3 rings (SSSR count). The topological polar surface area (TPSA) is 86.8 Å². The predicted octanol–water partition coefficient (Wildman–Crippen LogP) is 5.60. The molecule has 7 nitrogen and oxygen atoms in total. The summed E-state index contributed by atoms with van der Waals surface area (Å²) in [6.07, 6.45) is 0.574. The lowest BCUT2D eigenvalue weighted by Crippen LogP contribution is -2.51. The Bertz CT molecular complexity index is 1420. The Morgan fingerprint density at radius 2 is 1.62 bits per heavy atom. The summed E-state index contributed by atoms with van der Waals surface area (Å²) in [6.45, 7) is 9.50. The van der Waals surface area contributed by atoms with Crippen LogP contribution in [0.4, 0.5) is 5.69 Å². The van der Waals surface area contributed by atoms with Crippen molar-refractivity contribution in [3.63, 3.8) is 0 Å². The molecule has 0 heterocycles. The van der Waals surface area contributed by atoms with Gasteiger partial charge in [-0.2, -0.15) is 0 Å². The van der Waals surface area contributed by atoms with Gasteiger partial charge in [0.2, 0.25) is 11.8 Å². The van der Waals surface area contributed by atoms with Gasteiger partial charge in [-0.15, -0.1) is 0 Å². The number of halogens is 1. The molecule has 0 bridgehead atoms. The van der Waals surface area contributed by atoms with Crippen LogP contribution in [0.3, 0.4) is 0 Å². The highest BCUT2D eigenvalue weighted by atomic mass is 35.5. The van der Waals surface area contributed by atoms with E-state index in [2.05, 4.69) is 5.32 Å². The van der Waals surface area contributed by atoms with Crippen molar-refractivity contribution >= 4 is 39.1 Å². The predicted molar refractivity (Wildman–Crippen MR) is 161 cm³/mol. The standard InChI is InChI=1S/C31H38ClN3O4S/c1-6-26-11-7-8-13-29(26)35(40(38,39)28-16-14-23(4)15-17-28)21-30(36)34(20-25-10-9-12-27(32)18-25)24(5)31(37)33-19-22(2)3/h7-18,22,24H,6,19-21H2,1-5H3,(H,33,37)/t24-/m1/s1. The van der Waals surface area contributed by atoms with Crippen molar-refractivity contribution in [3.05, 3.63) is 94.5 Å². The summed E-state index contributed by atoms with van der Waals surface area (Å²) in [5.74, 6) is -0.589. The highest BCUT2D eigenvalue weighted by Crippen LogP contribution is 2.28. The van der Waals surface area contributed by atoms with E-state index in [1.165, 1.54) is 4.90 Å². The molecule has 0 unspecified atom stereocenters. The number of hydrogen-bond acceptors (Lipinski definition) is 4. The number of nitrogens with zero attached hydrogens (tertiary/aromatic N) is 2. The molecule has 40 heavy (non-hydrogen) atoms. The zero-order chi connectivity index (χ0) is 29.4. The number of anilines is 1. The second kappa shape index (κ2) is 13.8. The van der Waals surface area contributed by atoms with Gasteiger partial charge < -0.3 is 10.2 Å². The first-order valence-electron chi connectivity index (χ1n) is 13.4. The van der Waals surface area contributed by atoms with Crippen LogP contribution in [0.1, 0.15) is 44.4 Å². The number of amides is 2. The largest absolute Gasteiger partial charge is 0.354 e. The minimum Gasteiger partial charge on any atom is -0.354 e. The molecule has 0 saturated heterocycles. The quantitative estimate of drug-likeness (QED) is 0.301. The van der Waals surface area contributed by atoms with E-state index in [4.69, 9.17) is 11.6 Å². The number of para-hydroxylation sites is 1. The van der Waals surface area contributed by atoms with Crippen LogP contribution in [0.2, 0.25) is 5.02 Å². The number of carbonyl (C=O) groups excluding carboxylic acids is 2. The molecule has 214 valence electrons. The Morgan fingerprint density at radius 3 is 2.25 bits per heavy atom. The molecule has 0 aliphatic carbocycles. The zero-order valence-electron chi connectivity index (χ0n) is 23.7. The van der Waals surface area contributed by atoms with Crippen LogP contribution in [0, 0.1) is 12.8 Å². The first-order chi connectivity index (χ1) is 18.9. The zero-order valence-corrected chi connectivity index (χ0v) is 25.3. The van der Waals surface area contributed by atoms with Crippen molar-refractivity contribution in [1.82, 2.24) is 10.2 Å². The Kier molecular flexibility index (Phi) is 10.8. The average molecular weight is 584 g/mol. The molecule has 3 aromatic rings. The van der Waals surface area contributed by atoms with Crippen molar-refractivity contribution in [1.29, 1.82) is 0 Å². The van der Waals surface area contributed by atoms with Gasteiger partial charge in [-0.1, -0.05) is 80.4 Å². The Morgan fingerprint density at radius 1 is 0.950 bits per heavy atom. The van der Waals surface area contributed by atoms with E-state index in [1.807, 2.05) is 45.9 Å². The molecule has 2 amide bonds. The first kappa shape index (κ1) is 31.2. The molecular formula is C31H38ClN3O4S. The molecule has 3 aromatic carbocycles. The van der Waals surface area contributed by atoms with Crippen LogP contribution in [0.25, 0.3) is 0 Å². The summed E-state index contributed by atoms with van der Waals surface area (Å²) in [7, 11) is -4.11. The molecule has 0 saturated carbocycles. The number of aryl methyl sites for hydroxylation is 2. The van der Waals surface area contributed by atoms with Crippen molar-refractivity contribution in [2.24, 2.45) is 5.92 Å². The molecule has 0 aliphatic heterocycles. The summed E-state index contributed by atoms with van der Waals surface area (Å²) in [6, 6.07) is 19.9. The fraction of sp³-hybridized carbons (Fsp3) is 0.355. The maximum absolute atomic E-state index is 14.0. The van der Waals surface area contributed by atoms with Crippen LogP contribution in [0.15, 0.2) is 77.7 Å². The first-order valence-corrected chi connectivity index (χ1v) is 15.2. The van der Waals surface area contributed by atoms with Crippen LogP contribution < -0.4 is 9.62 Å². The molecular weight excluding hydrogens is 546 g/mol. The summed E-state index contributed by atoms with van der Waals surface area (Å²) < 4.78 is 29.2. The molecule has 0 spiro atoms. The summed E-state index contributed by atoms with van der Waals surface area (Å²) in [4.78, 5) is 28.6. The van der Waals surface area contributed by atoms with Crippen molar-refractivity contribution in [2.45, 2.75) is 58.5 Å². The Labute approximate surface area is 243 Å². The van der Waals surface area contributed by atoms with Crippen LogP contribution >= 0.6 is 11.6 Å². The minimum atomic E-state index is -4.11. The normalized spacial score (nSPS) is 12.2. The Balaban J connectivity index is 2.05. The summed E-state index contributed by atoms with van der Waals surface area (Å²) >= 11 is 6.20. The van der Waals surface area contributed by atoms with Gasteiger partial charge in [0.25, 0.3) is 10.0 Å². The Hall–Kier alpha value is -3.36. The molecule has 0 aromatic heterocycles. The number of sulfonamides is 1. The highest BCUT2D eigenvalue weighted by Gasteiger charge is 2.33. The van der Waals surface area contributed by atoms with Crippen molar-refractivity contribution in [3.8, 4) is 0 Å². The maximum atomic E-state index is 14.0. The van der Waals surface area contributed by atoms with E-state index in [9.17, 15) is 18.0 Å². The fourth-order valence-corrected chi connectivity index (χ4v) is 5.94. The summed E-state index contributed by atoms with van der Waals surface area (Å²) in [5, 5.41) is 3.39. The van der Waals surface area contributed by atoms with Gasteiger partial charge in [-0.05, 0) is 67.6 Å². The average Bonchev–Trinajstić information content (AvgIpc) is 2.93. The maximum Gasteiger partial charge on any atom is 0.264 e. The molecule has 0 radical (unpaired) electrons. The van der Waals surface area contributed by atoms with Crippen LogP contribution in [-0.4, -0.2) is 44.3 Å². The van der Waals surface area contributed by atoms with Gasteiger partial charge >= 0.3 is 0 Å². The number of carbonyl (C=O) groups is 2. The van der Waals surface area contributed by atoms with E-state index < -0.39 is 28.5 Å². The van der Waals surface area contributed by atoms with Gasteiger partial charge in [0.15, 0.2) is 0 Å². The lowest BCUT2D eigenvalue weighted by Gasteiger charge is -2.32. The molecule has 0 aliphatic rings. The number of hydrogen-bond donors (Lipinski definition) is 1. The third-order valence-electron chi connectivity index (χ3n) is 6.62. The molecule has 9 heteroatoms. The smallest absolute Gasteiger partial charge is 0.264 e. The minimum absolute atomic E-state index is 0.0842. The molecule has 0 fully saturated rings. The lowest BCUT2D eigenvalue weighted by molar-refractivity contribution is -0.139. The van der Waals surface area contributed by atoms with Crippen LogP contribution in [-0.2, 0) is 32.6 Å². The van der Waals surface area contributed by atoms with Gasteiger partial charge in [0.05, 0.1) is 10.6 Å². The van der Waals surface area contributed by atoms with Crippen LogP contribution in [0.5, 0.6) is 0 Å². The lowest BCUT2D eigenvalue weighted by atomic mass is 10.1. The second-order valence-electron chi connectivity index (χ2n) is 10.3. The van der Waals surface area contributed by atoms with Crippen molar-refractivity contribution < 1.29 is 18.0 Å². The highest BCUT2D eigenvalue weighted by molar-refractivity contribution is 7.92. The van der Waals surface area contributed by atoms with Gasteiger partial charge in [0, 0.05) is 18.1 Å². The third-order valence-corrected chi connectivity index (χ3v) is 8.63. The van der Waals surface area contributed by atoms with E-state index in [0.717, 1.165) is 21.0 Å². The number of nitrogens with one attached hydrogen (secondary N) is 1. The monoisotopic (exact) mass is 583 g/mol. The second-order valence-corrected chi connectivity index (χ2v) is 12.6. The van der Waals surface area contributed by atoms with E-state index >= 15 is 0 Å². The fourth-order valence-electron chi connectivity index (χ4n) is 4.27. The van der Waals surface area contributed by atoms with E-state index in [-0.39, 0.29) is 23.3 Å². The number of rotatable bonds is 12. The van der Waals surface area contributed by atoms with E-state index in [0.29, 0.717) is 23.7 Å². The number of benzene rings is 3. The molecule has 1 atom stereocenters. The van der Waals surface area contributed by atoms with Crippen molar-refractivity contribution in [2.75, 3.05) is 17.4 Å². The van der Waals surface area contributed by atoms with E-state index in [1.54, 1.807) is 61.5 Å².